The molecular formula is C22H21Cl2NO5S. The van der Waals surface area contributed by atoms with Gasteiger partial charge in [-0.15, -0.1) is 0 Å². The highest BCUT2D eigenvalue weighted by Gasteiger charge is 2.34. The Morgan fingerprint density at radius 3 is 2.58 bits per heavy atom. The van der Waals surface area contributed by atoms with E-state index in [0.717, 1.165) is 22.2 Å². The lowest BCUT2D eigenvalue weighted by atomic mass is 10.1. The van der Waals surface area contributed by atoms with Crippen LogP contribution in [0, 0.1) is 0 Å². The molecule has 3 rings (SSSR count). The quantitative estimate of drug-likeness (QED) is 0.430. The molecule has 164 valence electrons. The Bertz CT molecular complexity index is 1010. The second-order valence-corrected chi connectivity index (χ2v) is 8.28. The van der Waals surface area contributed by atoms with Crippen molar-refractivity contribution in [1.29, 1.82) is 0 Å². The first-order valence-electron chi connectivity index (χ1n) is 9.51. The summed E-state index contributed by atoms with van der Waals surface area (Å²) in [4.78, 5) is 26.1. The van der Waals surface area contributed by atoms with Gasteiger partial charge in [-0.1, -0.05) is 41.4 Å². The Labute approximate surface area is 195 Å². The number of ether oxygens (including phenoxy) is 3. The van der Waals surface area contributed by atoms with E-state index in [9.17, 15) is 9.59 Å². The molecule has 2 amide bonds. The Morgan fingerprint density at radius 2 is 1.87 bits per heavy atom. The van der Waals surface area contributed by atoms with Gasteiger partial charge in [0.25, 0.3) is 11.1 Å². The molecule has 0 aromatic heterocycles. The predicted octanol–water partition coefficient (Wildman–Crippen LogP) is 5.65. The lowest BCUT2D eigenvalue weighted by Gasteiger charge is -2.15. The third kappa shape index (κ3) is 5.74. The van der Waals surface area contributed by atoms with E-state index in [-0.39, 0.29) is 30.9 Å². The molecular weight excluding hydrogens is 461 g/mol. The fourth-order valence-corrected chi connectivity index (χ4v) is 4.20. The first-order valence-corrected chi connectivity index (χ1v) is 11.1. The van der Waals surface area contributed by atoms with Gasteiger partial charge in [-0.05, 0) is 48.5 Å². The molecule has 2 aromatic rings. The van der Waals surface area contributed by atoms with Crippen LogP contribution in [0.2, 0.25) is 10.0 Å². The third-order valence-corrected chi connectivity index (χ3v) is 5.91. The van der Waals surface area contributed by atoms with Crippen LogP contribution in [0.5, 0.6) is 11.5 Å². The van der Waals surface area contributed by atoms with Gasteiger partial charge >= 0.3 is 0 Å². The van der Waals surface area contributed by atoms with Gasteiger partial charge in [-0.25, -0.2) is 0 Å². The Balaban J connectivity index is 1.84. The molecule has 0 N–H and O–H groups in total. The van der Waals surface area contributed by atoms with Gasteiger partial charge in [0, 0.05) is 17.7 Å². The molecule has 2 aromatic carbocycles. The van der Waals surface area contributed by atoms with Crippen LogP contribution in [-0.2, 0) is 16.1 Å². The van der Waals surface area contributed by atoms with E-state index < -0.39 is 0 Å². The fraction of sp³-hybridized carbons (Fsp3) is 0.273. The number of hydrogen-bond donors (Lipinski definition) is 0. The Morgan fingerprint density at radius 1 is 1.10 bits per heavy atom. The van der Waals surface area contributed by atoms with Crippen LogP contribution < -0.4 is 9.47 Å². The highest BCUT2D eigenvalue weighted by molar-refractivity contribution is 8.18. The van der Waals surface area contributed by atoms with Crippen molar-refractivity contribution in [3.63, 3.8) is 0 Å². The average Bonchev–Trinajstić information content (AvgIpc) is 3.00. The van der Waals surface area contributed by atoms with Crippen LogP contribution in [-0.4, -0.2) is 42.9 Å². The summed E-state index contributed by atoms with van der Waals surface area (Å²) in [7, 11) is 1.52. The molecule has 1 aliphatic rings. The van der Waals surface area contributed by atoms with Crippen molar-refractivity contribution >= 4 is 52.2 Å². The zero-order chi connectivity index (χ0) is 22.4. The first kappa shape index (κ1) is 23.5. The van der Waals surface area contributed by atoms with Gasteiger partial charge in [0.1, 0.15) is 6.61 Å². The van der Waals surface area contributed by atoms with Gasteiger partial charge in [0.15, 0.2) is 11.5 Å². The van der Waals surface area contributed by atoms with E-state index in [2.05, 4.69) is 0 Å². The van der Waals surface area contributed by atoms with Gasteiger partial charge in [-0.3, -0.25) is 14.5 Å². The number of halogens is 2. The number of benzene rings is 2. The molecule has 1 fully saturated rings. The predicted molar refractivity (Wildman–Crippen MR) is 123 cm³/mol. The molecule has 0 atom stereocenters. The average molecular weight is 482 g/mol. The van der Waals surface area contributed by atoms with E-state index in [4.69, 9.17) is 37.4 Å². The molecule has 0 radical (unpaired) electrons. The number of amides is 2. The lowest BCUT2D eigenvalue weighted by molar-refractivity contribution is -0.123. The van der Waals surface area contributed by atoms with Crippen molar-refractivity contribution in [1.82, 2.24) is 4.90 Å². The largest absolute Gasteiger partial charge is 0.490 e. The standard InChI is InChI=1S/C22H21Cl2NO5S/c1-3-29-18-11-14(12-19-21(26)25(8-9-28-2)22(27)31-19)10-17(24)20(18)30-13-15-6-4-5-7-16(15)23/h4-7,10-12H,3,8-9,13H2,1-2H3/b19-12+. The summed E-state index contributed by atoms with van der Waals surface area (Å²) in [6.07, 6.45) is 1.62. The summed E-state index contributed by atoms with van der Waals surface area (Å²) in [5.74, 6) is 0.459. The normalized spacial score (nSPS) is 15.1. The maximum absolute atomic E-state index is 12.5. The minimum Gasteiger partial charge on any atom is -0.490 e. The van der Waals surface area contributed by atoms with Crippen molar-refractivity contribution in [2.75, 3.05) is 26.9 Å². The maximum Gasteiger partial charge on any atom is 0.293 e. The number of rotatable bonds is 9. The number of imide groups is 1. The second-order valence-electron chi connectivity index (χ2n) is 6.47. The summed E-state index contributed by atoms with van der Waals surface area (Å²) < 4.78 is 16.6. The minimum absolute atomic E-state index is 0.207. The van der Waals surface area contributed by atoms with Gasteiger partial charge in [-0.2, -0.15) is 0 Å². The van der Waals surface area contributed by atoms with Crippen LogP contribution in [0.4, 0.5) is 4.79 Å². The zero-order valence-electron chi connectivity index (χ0n) is 17.0. The van der Waals surface area contributed by atoms with Crippen LogP contribution in [0.1, 0.15) is 18.1 Å². The molecule has 0 saturated carbocycles. The van der Waals surface area contributed by atoms with Crippen molar-refractivity contribution in [3.8, 4) is 11.5 Å². The monoisotopic (exact) mass is 481 g/mol. The molecule has 6 nitrogen and oxygen atoms in total. The Kier molecular flexibility index (Phi) is 8.26. The molecule has 31 heavy (non-hydrogen) atoms. The number of nitrogens with zero attached hydrogens (tertiary/aromatic N) is 1. The molecule has 0 aliphatic carbocycles. The second kappa shape index (κ2) is 10.9. The van der Waals surface area contributed by atoms with Crippen LogP contribution in [0.3, 0.4) is 0 Å². The van der Waals surface area contributed by atoms with E-state index in [1.807, 2.05) is 25.1 Å². The first-order chi connectivity index (χ1) is 14.9. The molecule has 1 aliphatic heterocycles. The SMILES string of the molecule is CCOc1cc(/C=C2/SC(=O)N(CCOC)C2=O)cc(Cl)c1OCc1ccccc1Cl. The van der Waals surface area contributed by atoms with Crippen molar-refractivity contribution < 1.29 is 23.8 Å². The summed E-state index contributed by atoms with van der Waals surface area (Å²) in [5, 5.41) is 0.587. The van der Waals surface area contributed by atoms with E-state index in [1.54, 1.807) is 24.3 Å². The lowest BCUT2D eigenvalue weighted by Crippen LogP contribution is -2.31. The number of methoxy groups -OCH3 is 1. The summed E-state index contributed by atoms with van der Waals surface area (Å²) in [6.45, 7) is 2.95. The summed E-state index contributed by atoms with van der Waals surface area (Å²) >= 11 is 13.5. The fourth-order valence-electron chi connectivity index (χ4n) is 2.87. The van der Waals surface area contributed by atoms with Gasteiger partial charge < -0.3 is 14.2 Å². The molecule has 0 bridgehead atoms. The smallest absolute Gasteiger partial charge is 0.293 e. The molecule has 1 heterocycles. The van der Waals surface area contributed by atoms with Gasteiger partial charge in [0.05, 0.1) is 29.7 Å². The van der Waals surface area contributed by atoms with Crippen LogP contribution >= 0.6 is 35.0 Å². The number of carbonyl (C=O) groups excluding carboxylic acids is 2. The Hall–Kier alpha value is -2.19. The summed E-state index contributed by atoms with van der Waals surface area (Å²) in [6, 6.07) is 10.8. The minimum atomic E-state index is -0.361. The third-order valence-electron chi connectivity index (χ3n) is 4.35. The summed E-state index contributed by atoms with van der Waals surface area (Å²) in [5.41, 5.74) is 1.44. The molecule has 1 saturated heterocycles. The number of carbonyl (C=O) groups is 2. The maximum atomic E-state index is 12.5. The molecule has 0 unspecified atom stereocenters. The molecule has 9 heteroatoms. The number of hydrogen-bond acceptors (Lipinski definition) is 6. The van der Waals surface area contributed by atoms with Gasteiger partial charge in [0.2, 0.25) is 0 Å². The zero-order valence-corrected chi connectivity index (χ0v) is 19.4. The van der Waals surface area contributed by atoms with Crippen molar-refractivity contribution in [2.45, 2.75) is 13.5 Å². The number of thioether (sulfide) groups is 1. The van der Waals surface area contributed by atoms with Crippen molar-refractivity contribution in [3.05, 3.63) is 62.5 Å². The van der Waals surface area contributed by atoms with Crippen LogP contribution in [0.15, 0.2) is 41.3 Å². The molecule has 0 spiro atoms. The van der Waals surface area contributed by atoms with Crippen LogP contribution in [0.25, 0.3) is 6.08 Å². The van der Waals surface area contributed by atoms with E-state index in [0.29, 0.717) is 38.6 Å². The van der Waals surface area contributed by atoms with E-state index >= 15 is 0 Å². The topological polar surface area (TPSA) is 65.1 Å². The highest BCUT2D eigenvalue weighted by atomic mass is 35.5. The van der Waals surface area contributed by atoms with E-state index in [1.165, 1.54) is 7.11 Å². The highest BCUT2D eigenvalue weighted by Crippen LogP contribution is 2.39. The van der Waals surface area contributed by atoms with Crippen molar-refractivity contribution in [2.24, 2.45) is 0 Å².